The Labute approximate surface area is 81.1 Å². The molecule has 1 heterocycles. The molecule has 1 N–H and O–H groups in total. The van der Waals surface area contributed by atoms with Crippen LogP contribution in [0, 0.1) is 0 Å². The van der Waals surface area contributed by atoms with Crippen molar-refractivity contribution in [2.24, 2.45) is 0 Å². The fourth-order valence-electron chi connectivity index (χ4n) is 0.615. The number of halogens is 2. The third kappa shape index (κ3) is 2.09. The first-order valence-electron chi connectivity index (χ1n) is 2.75. The van der Waals surface area contributed by atoms with Crippen LogP contribution in [0.4, 0.5) is 0 Å². The molecule has 0 amide bonds. The summed E-state index contributed by atoms with van der Waals surface area (Å²) in [4.78, 5) is 12.8. The summed E-state index contributed by atoms with van der Waals surface area (Å²) in [6.07, 6.45) is 0. The second-order valence-electron chi connectivity index (χ2n) is 1.94. The van der Waals surface area contributed by atoms with Crippen LogP contribution in [0.2, 0.25) is 0 Å². The summed E-state index contributed by atoms with van der Waals surface area (Å²) in [6.45, 7) is 0. The summed E-state index contributed by atoms with van der Waals surface area (Å²) < 4.78 is 21.8. The summed E-state index contributed by atoms with van der Waals surface area (Å²) in [5, 5.41) is -0.323. The Kier molecular flexibility index (Phi) is 2.60. The molecular weight excluding hydrogens is 269 g/mol. The highest BCUT2D eigenvalue weighted by molar-refractivity contribution is 9.10. The number of nitrogens with one attached hydrogen (secondary N) is 1. The van der Waals surface area contributed by atoms with Gasteiger partial charge in [0.05, 0.1) is 4.47 Å². The lowest BCUT2D eigenvalue weighted by molar-refractivity contribution is 0.605. The van der Waals surface area contributed by atoms with Crippen molar-refractivity contribution in [3.05, 3.63) is 27.0 Å². The maximum atomic E-state index is 10.8. The first-order valence-corrected chi connectivity index (χ1v) is 5.85. The predicted octanol–water partition coefficient (Wildman–Crippen LogP) is 1.06. The van der Waals surface area contributed by atoms with Crippen LogP contribution in [-0.4, -0.2) is 13.4 Å². The lowest BCUT2D eigenvalue weighted by atomic mass is 10.5. The SMILES string of the molecule is O=c1ccc(Br)c(S(=O)(=O)Cl)[nH]1. The Balaban J connectivity index is 3.54. The average Bonchev–Trinajstić information content (AvgIpc) is 1.92. The molecule has 66 valence electrons. The quantitative estimate of drug-likeness (QED) is 0.778. The highest BCUT2D eigenvalue weighted by Crippen LogP contribution is 2.20. The molecule has 0 saturated carbocycles. The van der Waals surface area contributed by atoms with E-state index in [4.69, 9.17) is 10.7 Å². The molecular formula is C5H3BrClNO3S. The van der Waals surface area contributed by atoms with Crippen molar-refractivity contribution in [3.63, 3.8) is 0 Å². The third-order valence-electron chi connectivity index (χ3n) is 1.08. The molecule has 0 aromatic carbocycles. The highest BCUT2D eigenvalue weighted by Gasteiger charge is 2.14. The van der Waals surface area contributed by atoms with Crippen LogP contribution in [0.1, 0.15) is 0 Å². The molecule has 0 aliphatic rings. The summed E-state index contributed by atoms with van der Waals surface area (Å²) in [6, 6.07) is 2.50. The van der Waals surface area contributed by atoms with Crippen molar-refractivity contribution in [3.8, 4) is 0 Å². The minimum atomic E-state index is -3.89. The van der Waals surface area contributed by atoms with E-state index in [0.717, 1.165) is 0 Å². The molecule has 0 aliphatic heterocycles. The van der Waals surface area contributed by atoms with E-state index in [1.54, 1.807) is 0 Å². The number of H-pyrrole nitrogens is 1. The van der Waals surface area contributed by atoms with Gasteiger partial charge < -0.3 is 4.98 Å². The number of rotatable bonds is 1. The van der Waals surface area contributed by atoms with Crippen LogP contribution in [-0.2, 0) is 9.05 Å². The maximum absolute atomic E-state index is 10.8. The van der Waals surface area contributed by atoms with Crippen molar-refractivity contribution < 1.29 is 8.42 Å². The van der Waals surface area contributed by atoms with Crippen LogP contribution < -0.4 is 5.56 Å². The monoisotopic (exact) mass is 271 g/mol. The van der Waals surface area contributed by atoms with Gasteiger partial charge >= 0.3 is 0 Å². The van der Waals surface area contributed by atoms with E-state index in [-0.39, 0.29) is 9.50 Å². The second kappa shape index (κ2) is 3.20. The fourth-order valence-corrected chi connectivity index (χ4v) is 2.65. The van der Waals surface area contributed by atoms with Crippen molar-refractivity contribution in [1.82, 2.24) is 4.98 Å². The van der Waals surface area contributed by atoms with Crippen LogP contribution in [0.5, 0.6) is 0 Å². The topological polar surface area (TPSA) is 67.0 Å². The number of aromatic nitrogens is 1. The number of hydrogen-bond donors (Lipinski definition) is 1. The number of pyridine rings is 1. The van der Waals surface area contributed by atoms with Crippen LogP contribution >= 0.6 is 26.6 Å². The first kappa shape index (κ1) is 9.76. The van der Waals surface area contributed by atoms with E-state index in [0.29, 0.717) is 0 Å². The van der Waals surface area contributed by atoms with Crippen molar-refractivity contribution in [2.45, 2.75) is 5.03 Å². The second-order valence-corrected chi connectivity index (χ2v) is 5.29. The summed E-state index contributed by atoms with van der Waals surface area (Å²) >= 11 is 2.93. The summed E-state index contributed by atoms with van der Waals surface area (Å²) in [5.74, 6) is 0. The van der Waals surface area contributed by atoms with Gasteiger partial charge in [0.2, 0.25) is 5.56 Å². The standard InChI is InChI=1S/C5H3BrClNO3S/c6-3-1-2-4(9)8-5(3)12(7,10)11/h1-2H,(H,8,9). The molecule has 0 radical (unpaired) electrons. The molecule has 7 heteroatoms. The van der Waals surface area contributed by atoms with Crippen molar-refractivity contribution in [2.75, 3.05) is 0 Å². The van der Waals surface area contributed by atoms with E-state index < -0.39 is 14.6 Å². The summed E-state index contributed by atoms with van der Waals surface area (Å²) in [7, 11) is 1.12. The van der Waals surface area contributed by atoms with Gasteiger partial charge in [0.25, 0.3) is 9.05 Å². The zero-order chi connectivity index (χ0) is 9.35. The van der Waals surface area contributed by atoms with Gasteiger partial charge in [0.1, 0.15) is 0 Å². The Bertz CT molecular complexity index is 452. The molecule has 0 unspecified atom stereocenters. The zero-order valence-electron chi connectivity index (χ0n) is 5.54. The minimum absolute atomic E-state index is 0.233. The lowest BCUT2D eigenvalue weighted by Gasteiger charge is -1.97. The van der Waals surface area contributed by atoms with E-state index in [9.17, 15) is 13.2 Å². The van der Waals surface area contributed by atoms with Gasteiger partial charge in [-0.25, -0.2) is 8.42 Å². The van der Waals surface area contributed by atoms with E-state index in [1.807, 2.05) is 0 Å². The van der Waals surface area contributed by atoms with Gasteiger partial charge in [-0.15, -0.1) is 0 Å². The third-order valence-corrected chi connectivity index (χ3v) is 3.27. The molecule has 0 fully saturated rings. The Morgan fingerprint density at radius 2 is 2.00 bits per heavy atom. The Morgan fingerprint density at radius 3 is 2.42 bits per heavy atom. The van der Waals surface area contributed by atoms with E-state index in [1.165, 1.54) is 12.1 Å². The largest absolute Gasteiger partial charge is 0.311 e. The van der Waals surface area contributed by atoms with Crippen LogP contribution in [0.3, 0.4) is 0 Å². The number of aromatic amines is 1. The molecule has 0 spiro atoms. The van der Waals surface area contributed by atoms with Crippen LogP contribution in [0.25, 0.3) is 0 Å². The molecule has 1 aromatic rings. The summed E-state index contributed by atoms with van der Waals surface area (Å²) in [5.41, 5.74) is -0.516. The van der Waals surface area contributed by atoms with Gasteiger partial charge in [0, 0.05) is 16.7 Å². The van der Waals surface area contributed by atoms with E-state index >= 15 is 0 Å². The van der Waals surface area contributed by atoms with E-state index in [2.05, 4.69) is 20.9 Å². The lowest BCUT2D eigenvalue weighted by Crippen LogP contribution is -2.09. The maximum Gasteiger partial charge on any atom is 0.277 e. The normalized spacial score (nSPS) is 11.5. The fraction of sp³-hybridized carbons (Fsp3) is 0. The number of hydrogen-bond acceptors (Lipinski definition) is 3. The molecule has 0 saturated heterocycles. The Hall–Kier alpha value is -0.330. The van der Waals surface area contributed by atoms with Crippen molar-refractivity contribution >= 4 is 35.7 Å². The molecule has 0 aliphatic carbocycles. The molecule has 0 atom stereocenters. The highest BCUT2D eigenvalue weighted by atomic mass is 79.9. The Morgan fingerprint density at radius 1 is 1.42 bits per heavy atom. The molecule has 12 heavy (non-hydrogen) atoms. The average molecular weight is 273 g/mol. The van der Waals surface area contributed by atoms with Gasteiger partial charge in [-0.3, -0.25) is 4.79 Å². The van der Waals surface area contributed by atoms with Gasteiger partial charge in [-0.2, -0.15) is 0 Å². The van der Waals surface area contributed by atoms with Gasteiger partial charge in [0.15, 0.2) is 5.03 Å². The zero-order valence-corrected chi connectivity index (χ0v) is 8.70. The van der Waals surface area contributed by atoms with Gasteiger partial charge in [-0.1, -0.05) is 0 Å². The van der Waals surface area contributed by atoms with Crippen LogP contribution in [0.15, 0.2) is 26.4 Å². The molecule has 1 aromatic heterocycles. The smallest absolute Gasteiger partial charge is 0.277 e. The minimum Gasteiger partial charge on any atom is -0.311 e. The molecule has 0 bridgehead atoms. The van der Waals surface area contributed by atoms with Gasteiger partial charge in [-0.05, 0) is 22.0 Å². The molecule has 1 rings (SSSR count). The van der Waals surface area contributed by atoms with Crippen molar-refractivity contribution in [1.29, 1.82) is 0 Å². The molecule has 4 nitrogen and oxygen atoms in total. The first-order chi connectivity index (χ1) is 5.41. The predicted molar refractivity (Wildman–Crippen MR) is 47.8 cm³/mol.